The molecule has 2 N–H and O–H groups in total. The van der Waals surface area contributed by atoms with E-state index in [0.717, 1.165) is 71.6 Å². The number of hydrogen-bond donors (Lipinski definition) is 2. The first-order valence-corrected chi connectivity index (χ1v) is 23.9. The van der Waals surface area contributed by atoms with Crippen LogP contribution in [0.5, 0.6) is 0 Å². The summed E-state index contributed by atoms with van der Waals surface area (Å²) in [6, 6.07) is 33.9. The van der Waals surface area contributed by atoms with Gasteiger partial charge in [-0.15, -0.1) is 15.8 Å². The van der Waals surface area contributed by atoms with Gasteiger partial charge in [-0.2, -0.15) is 0 Å². The monoisotopic (exact) mass is 886 g/mol. The highest BCUT2D eigenvalue weighted by Gasteiger charge is 2.20. The van der Waals surface area contributed by atoms with E-state index in [4.69, 9.17) is 21.6 Å². The van der Waals surface area contributed by atoms with Crippen LogP contribution in [0.1, 0.15) is 107 Å². The molecule has 0 saturated heterocycles. The number of hydrogen-bond acceptors (Lipinski definition) is 6. The molecule has 1 atom stereocenters. The summed E-state index contributed by atoms with van der Waals surface area (Å²) in [6.45, 7) is 7.61. The molecule has 4 aliphatic rings. The maximum Gasteiger partial charge on any atom is 0.224 e. The Morgan fingerprint density at radius 1 is 0.738 bits per heavy atom. The number of allylic oxidation sites excluding steroid dienone is 4. The lowest BCUT2D eigenvalue weighted by Crippen LogP contribution is -2.31. The lowest BCUT2D eigenvalue weighted by atomic mass is 10.0. The number of carbonyl (C=O) groups is 2. The van der Waals surface area contributed by atoms with E-state index in [1.165, 1.54) is 51.2 Å². The molecule has 2 saturated carbocycles. The van der Waals surface area contributed by atoms with Crippen LogP contribution >= 0.6 is 44.4 Å². The molecule has 0 spiro atoms. The van der Waals surface area contributed by atoms with Crippen molar-refractivity contribution in [2.75, 3.05) is 0 Å². The van der Waals surface area contributed by atoms with Crippen molar-refractivity contribution >= 4 is 72.9 Å². The van der Waals surface area contributed by atoms with Crippen LogP contribution < -0.4 is 15.9 Å². The first-order chi connectivity index (χ1) is 29.7. The smallest absolute Gasteiger partial charge is 0.224 e. The second-order valence-corrected chi connectivity index (χ2v) is 18.7. The fraction of sp³-hybridized carbons (Fsp3) is 0.294. The standard InChI is InChI=1S/C26H27ClN2OS.C16H14NPS.C9H15NO/c1-18-23(14-6-7-16-25(30)29-21-11-2-3-12-21)31-24-15-5-4-13-22(24)26(28-18)19-9-8-10-20(27)17-19;1-11-10-19-15-5-3-2-4-14(15)16(17-11)12-6-8-13(18)9-7-12;1-2-5-9(11)10-8-6-3-4-7-8/h4-10,13,15,17,21H,2-3,11-12,14,16H2,1H3,(H,29,30);2-10H,18H2,1H3;2,8H,1,3-7H2,(H,10,11)/b7-6-;;. The fourth-order valence-corrected chi connectivity index (χ4v) is 9.80. The summed E-state index contributed by atoms with van der Waals surface area (Å²) in [4.78, 5) is 36.6. The fourth-order valence-electron chi connectivity index (χ4n) is 7.56. The van der Waals surface area contributed by atoms with Crippen LogP contribution in [0.15, 0.2) is 163 Å². The van der Waals surface area contributed by atoms with Crippen molar-refractivity contribution in [2.24, 2.45) is 9.98 Å². The highest BCUT2D eigenvalue weighted by Crippen LogP contribution is 2.38. The van der Waals surface area contributed by atoms with Crippen LogP contribution in [0.3, 0.4) is 0 Å². The van der Waals surface area contributed by atoms with Crippen LogP contribution in [-0.2, 0) is 9.59 Å². The van der Waals surface area contributed by atoms with E-state index in [9.17, 15) is 9.59 Å². The van der Waals surface area contributed by atoms with Gasteiger partial charge in [-0.3, -0.25) is 19.6 Å². The van der Waals surface area contributed by atoms with E-state index >= 15 is 0 Å². The van der Waals surface area contributed by atoms with Gasteiger partial charge >= 0.3 is 0 Å². The van der Waals surface area contributed by atoms with E-state index < -0.39 is 0 Å². The van der Waals surface area contributed by atoms with Gasteiger partial charge in [0.25, 0.3) is 0 Å². The predicted molar refractivity (Wildman–Crippen MR) is 264 cm³/mol. The van der Waals surface area contributed by atoms with Crippen LogP contribution in [-0.4, -0.2) is 35.3 Å². The van der Waals surface area contributed by atoms with Crippen molar-refractivity contribution in [3.63, 3.8) is 0 Å². The molecular formula is C51H56ClN4O2PS2. The maximum atomic E-state index is 12.1. The van der Waals surface area contributed by atoms with E-state index in [1.54, 1.807) is 29.6 Å². The Labute approximate surface area is 378 Å². The molecule has 4 aromatic rings. The SMILES string of the molecule is C=CCC(=O)NC1CCCC1.CC1=C(C/C=C\CC(=O)NC2CCCC2)Sc2ccccc2C(c2cccc(Cl)c2)=N1.CC1=CSc2ccccc2C(c2ccc(P)cc2)=N1. The summed E-state index contributed by atoms with van der Waals surface area (Å²) < 4.78 is 0. The molecule has 8 rings (SSSR count). The Morgan fingerprint density at radius 3 is 1.97 bits per heavy atom. The van der Waals surface area contributed by atoms with Gasteiger partial charge in [-0.1, -0.05) is 152 Å². The number of aliphatic imine (C=N–C) groups is 2. The molecular weight excluding hydrogens is 831 g/mol. The summed E-state index contributed by atoms with van der Waals surface area (Å²) in [5.74, 6) is 0.237. The van der Waals surface area contributed by atoms with Gasteiger partial charge in [0.2, 0.25) is 11.8 Å². The normalized spacial score (nSPS) is 16.3. The van der Waals surface area contributed by atoms with E-state index in [-0.39, 0.29) is 11.8 Å². The summed E-state index contributed by atoms with van der Waals surface area (Å²) in [7, 11) is 2.71. The third kappa shape index (κ3) is 14.0. The zero-order chi connectivity index (χ0) is 43.0. The van der Waals surface area contributed by atoms with Crippen molar-refractivity contribution < 1.29 is 9.59 Å². The minimum Gasteiger partial charge on any atom is -0.353 e. The first kappa shape index (κ1) is 46.1. The predicted octanol–water partition coefficient (Wildman–Crippen LogP) is 12.5. The molecule has 2 heterocycles. The van der Waals surface area contributed by atoms with Gasteiger partial charge in [0.1, 0.15) is 0 Å². The Morgan fingerprint density at radius 2 is 1.33 bits per heavy atom. The molecule has 6 nitrogen and oxygen atoms in total. The second-order valence-electron chi connectivity index (χ2n) is 15.5. The van der Waals surface area contributed by atoms with Crippen LogP contribution in [0, 0.1) is 0 Å². The molecule has 2 fully saturated rings. The quantitative estimate of drug-likeness (QED) is 0.123. The molecule has 2 aliphatic carbocycles. The van der Waals surface area contributed by atoms with E-state index in [0.29, 0.717) is 29.9 Å². The number of thioether (sulfide) groups is 2. The van der Waals surface area contributed by atoms with E-state index in [1.807, 2.05) is 43.3 Å². The number of nitrogens with zero attached hydrogens (tertiary/aromatic N) is 2. The van der Waals surface area contributed by atoms with Gasteiger partial charge in [0.15, 0.2) is 0 Å². The molecule has 2 aliphatic heterocycles. The average Bonchev–Trinajstić information content (AvgIpc) is 3.92. The van der Waals surface area contributed by atoms with Gasteiger partial charge in [-0.25, -0.2) is 0 Å². The molecule has 0 radical (unpaired) electrons. The lowest BCUT2D eigenvalue weighted by molar-refractivity contribution is -0.121. The van der Waals surface area contributed by atoms with Gasteiger partial charge in [0, 0.05) is 78.3 Å². The van der Waals surface area contributed by atoms with Crippen molar-refractivity contribution in [1.29, 1.82) is 0 Å². The zero-order valence-electron chi connectivity index (χ0n) is 35.2. The van der Waals surface area contributed by atoms with Crippen molar-refractivity contribution in [3.8, 4) is 0 Å². The van der Waals surface area contributed by atoms with Crippen LogP contribution in [0.2, 0.25) is 5.02 Å². The van der Waals surface area contributed by atoms with Gasteiger partial charge in [0.05, 0.1) is 11.4 Å². The number of amides is 2. The Hall–Kier alpha value is -4.46. The van der Waals surface area contributed by atoms with Crippen LogP contribution in [0.25, 0.3) is 0 Å². The average molecular weight is 888 g/mol. The zero-order valence-corrected chi connectivity index (χ0v) is 38.7. The maximum absolute atomic E-state index is 12.1. The number of rotatable bonds is 10. The largest absolute Gasteiger partial charge is 0.353 e. The van der Waals surface area contributed by atoms with Gasteiger partial charge in [-0.05, 0) is 80.9 Å². The molecule has 61 heavy (non-hydrogen) atoms. The molecule has 4 aromatic carbocycles. The lowest BCUT2D eigenvalue weighted by Gasteiger charge is -2.10. The number of fused-ring (bicyclic) bond motifs is 2. The summed E-state index contributed by atoms with van der Waals surface area (Å²) >= 11 is 9.74. The van der Waals surface area contributed by atoms with Crippen molar-refractivity contribution in [1.82, 2.24) is 10.6 Å². The second kappa shape index (κ2) is 23.7. The molecule has 2 amide bonds. The van der Waals surface area contributed by atoms with Gasteiger partial charge < -0.3 is 10.6 Å². The molecule has 1 unspecified atom stereocenters. The number of nitrogens with one attached hydrogen (secondary N) is 2. The topological polar surface area (TPSA) is 82.9 Å². The first-order valence-electron chi connectivity index (χ1n) is 21.2. The number of halogens is 1. The third-order valence-corrected chi connectivity index (χ3v) is 13.6. The van der Waals surface area contributed by atoms with Crippen LogP contribution in [0.4, 0.5) is 0 Å². The number of benzene rings is 4. The summed E-state index contributed by atoms with van der Waals surface area (Å²) in [5.41, 5.74) is 8.54. The van der Waals surface area contributed by atoms with Crippen molar-refractivity contribution in [3.05, 3.63) is 171 Å². The minimum atomic E-state index is 0.118. The minimum absolute atomic E-state index is 0.118. The Bertz CT molecular complexity index is 2320. The third-order valence-electron chi connectivity index (χ3n) is 10.7. The Balaban J connectivity index is 0.000000175. The Kier molecular flexibility index (Phi) is 17.9. The number of carbonyl (C=O) groups excluding carboxylic acids is 2. The molecule has 0 aromatic heterocycles. The molecule has 316 valence electrons. The molecule has 0 bridgehead atoms. The molecule has 10 heteroatoms. The highest BCUT2D eigenvalue weighted by molar-refractivity contribution is 8.03. The highest BCUT2D eigenvalue weighted by atomic mass is 35.5. The summed E-state index contributed by atoms with van der Waals surface area (Å²) in [5, 5.41) is 10.1. The van der Waals surface area contributed by atoms with E-state index in [2.05, 4.69) is 112 Å². The van der Waals surface area contributed by atoms with Crippen molar-refractivity contribution in [2.45, 2.75) is 106 Å². The summed E-state index contributed by atoms with van der Waals surface area (Å²) in [6.07, 6.45) is 16.9.